The van der Waals surface area contributed by atoms with Gasteiger partial charge >= 0.3 is 0 Å². The van der Waals surface area contributed by atoms with Crippen LogP contribution in [0.3, 0.4) is 0 Å². The fourth-order valence-corrected chi connectivity index (χ4v) is 0.727. The van der Waals surface area contributed by atoms with E-state index in [1.807, 2.05) is 0 Å². The van der Waals surface area contributed by atoms with E-state index in [1.165, 1.54) is 24.3 Å². The van der Waals surface area contributed by atoms with Crippen molar-refractivity contribution in [1.29, 1.82) is 0 Å². The van der Waals surface area contributed by atoms with Crippen molar-refractivity contribution in [1.82, 2.24) is 0 Å². The summed E-state index contributed by atoms with van der Waals surface area (Å²) < 4.78 is 0. The van der Waals surface area contributed by atoms with E-state index in [1.54, 1.807) is 0 Å². The molecule has 0 fully saturated rings. The van der Waals surface area contributed by atoms with Gasteiger partial charge in [-0.15, -0.1) is 0 Å². The quantitative estimate of drug-likeness (QED) is 0.385. The summed E-state index contributed by atoms with van der Waals surface area (Å²) in [4.78, 5) is 20.7. The largest absolute Gasteiger partial charge is 0.508 e. The lowest BCUT2D eigenvalue weighted by Gasteiger charge is -1.93. The van der Waals surface area contributed by atoms with Gasteiger partial charge < -0.3 is 5.11 Å². The van der Waals surface area contributed by atoms with Crippen molar-refractivity contribution in [3.63, 3.8) is 0 Å². The highest BCUT2D eigenvalue weighted by atomic mass is 16.3. The van der Waals surface area contributed by atoms with E-state index in [-0.39, 0.29) is 17.6 Å². The first-order chi connectivity index (χ1) is 5.24. The summed E-state index contributed by atoms with van der Waals surface area (Å²) in [6.45, 7) is 0. The average Bonchev–Trinajstić information content (AvgIpc) is 2.03. The van der Waals surface area contributed by atoms with Crippen LogP contribution in [0.4, 0.5) is 0 Å². The van der Waals surface area contributed by atoms with Crippen LogP contribution < -0.4 is 0 Å². The van der Waals surface area contributed by atoms with Gasteiger partial charge in [0.05, 0.1) is 0 Å². The third-order valence-corrected chi connectivity index (χ3v) is 1.24. The smallest absolute Gasteiger partial charge is 0.225 e. The first-order valence-corrected chi connectivity index (χ1v) is 3.02. The minimum Gasteiger partial charge on any atom is -0.508 e. The maximum Gasteiger partial charge on any atom is 0.225 e. The summed E-state index contributed by atoms with van der Waals surface area (Å²) >= 11 is 0. The van der Waals surface area contributed by atoms with Crippen molar-refractivity contribution < 1.29 is 14.7 Å². The molecule has 0 saturated carbocycles. The third kappa shape index (κ3) is 1.64. The number of aldehydes is 1. The van der Waals surface area contributed by atoms with Gasteiger partial charge in [0.15, 0.2) is 6.29 Å². The fraction of sp³-hybridized carbons (Fsp3) is 0. The Labute approximate surface area is 63.3 Å². The van der Waals surface area contributed by atoms with Gasteiger partial charge in [0.1, 0.15) is 5.75 Å². The van der Waals surface area contributed by atoms with Crippen molar-refractivity contribution in [3.8, 4) is 5.75 Å². The van der Waals surface area contributed by atoms with Crippen LogP contribution >= 0.6 is 0 Å². The molecule has 0 amide bonds. The Balaban J connectivity index is 3.05. The lowest BCUT2D eigenvalue weighted by atomic mass is 10.1. The van der Waals surface area contributed by atoms with Crippen LogP contribution in [0, 0.1) is 0 Å². The summed E-state index contributed by atoms with van der Waals surface area (Å²) in [6, 6.07) is 5.65. The Bertz CT molecular complexity index is 291. The van der Waals surface area contributed by atoms with E-state index in [0.717, 1.165) is 0 Å². The maximum absolute atomic E-state index is 10.7. The van der Waals surface area contributed by atoms with Crippen LogP contribution in [0.1, 0.15) is 10.4 Å². The summed E-state index contributed by atoms with van der Waals surface area (Å²) in [6.07, 6.45) is 0.217. The topological polar surface area (TPSA) is 54.4 Å². The number of rotatable bonds is 2. The summed E-state index contributed by atoms with van der Waals surface area (Å²) in [5.74, 6) is -0.640. The molecule has 3 heteroatoms. The molecule has 0 unspecified atom stereocenters. The number of aromatic hydroxyl groups is 1. The van der Waals surface area contributed by atoms with E-state index >= 15 is 0 Å². The molecule has 1 rings (SSSR count). The predicted molar refractivity (Wildman–Crippen MR) is 38.5 cm³/mol. The molecule has 3 nitrogen and oxygen atoms in total. The van der Waals surface area contributed by atoms with Crippen LogP contribution in [0.2, 0.25) is 0 Å². The molecule has 0 aliphatic carbocycles. The van der Waals surface area contributed by atoms with E-state index in [4.69, 9.17) is 5.11 Å². The van der Waals surface area contributed by atoms with Crippen molar-refractivity contribution in [2.75, 3.05) is 0 Å². The molecule has 1 aromatic rings. The van der Waals surface area contributed by atoms with Gasteiger partial charge in [0, 0.05) is 5.56 Å². The zero-order valence-electron chi connectivity index (χ0n) is 5.65. The van der Waals surface area contributed by atoms with Gasteiger partial charge in [-0.25, -0.2) is 0 Å². The second-order valence-corrected chi connectivity index (χ2v) is 2.03. The first-order valence-electron chi connectivity index (χ1n) is 3.02. The molecule has 11 heavy (non-hydrogen) atoms. The molecule has 1 aromatic carbocycles. The number of carbonyl (C=O) groups is 2. The van der Waals surface area contributed by atoms with Crippen molar-refractivity contribution >= 4 is 12.1 Å². The lowest BCUT2D eigenvalue weighted by Crippen LogP contribution is -1.98. The van der Waals surface area contributed by atoms with E-state index in [9.17, 15) is 9.59 Å². The van der Waals surface area contributed by atoms with Gasteiger partial charge in [-0.2, -0.15) is 0 Å². The number of ketones is 1. The number of carbonyl (C=O) groups excluding carboxylic acids is 2. The second-order valence-electron chi connectivity index (χ2n) is 2.03. The molecular weight excluding hydrogens is 144 g/mol. The zero-order valence-corrected chi connectivity index (χ0v) is 5.65. The summed E-state index contributed by atoms with van der Waals surface area (Å²) in [5, 5.41) is 8.89. The Morgan fingerprint density at radius 2 is 2.18 bits per heavy atom. The predicted octanol–water partition coefficient (Wildman–Crippen LogP) is 0.774. The first kappa shape index (κ1) is 7.47. The Hall–Kier alpha value is -1.64. The Kier molecular flexibility index (Phi) is 2.01. The average molecular weight is 150 g/mol. The van der Waals surface area contributed by atoms with Crippen LogP contribution in [-0.4, -0.2) is 17.2 Å². The lowest BCUT2D eigenvalue weighted by molar-refractivity contribution is -0.104. The highest BCUT2D eigenvalue weighted by Crippen LogP contribution is 2.10. The van der Waals surface area contributed by atoms with Crippen LogP contribution in [0.5, 0.6) is 5.75 Å². The van der Waals surface area contributed by atoms with Crippen molar-refractivity contribution in [3.05, 3.63) is 29.8 Å². The van der Waals surface area contributed by atoms with Crippen molar-refractivity contribution in [2.45, 2.75) is 0 Å². The van der Waals surface area contributed by atoms with Crippen LogP contribution in [0.15, 0.2) is 24.3 Å². The minimum atomic E-state index is -0.624. The number of phenolic OH excluding ortho intramolecular Hbond substituents is 1. The Morgan fingerprint density at radius 3 is 2.73 bits per heavy atom. The monoisotopic (exact) mass is 150 g/mol. The van der Waals surface area contributed by atoms with Gasteiger partial charge in [-0.1, -0.05) is 12.1 Å². The summed E-state index contributed by atoms with van der Waals surface area (Å²) in [5.41, 5.74) is 0.208. The number of hydrogen-bond donors (Lipinski definition) is 1. The molecule has 1 N–H and O–H groups in total. The number of hydrogen-bond acceptors (Lipinski definition) is 3. The van der Waals surface area contributed by atoms with Crippen LogP contribution in [-0.2, 0) is 4.79 Å². The second kappa shape index (κ2) is 2.96. The maximum atomic E-state index is 10.7. The number of benzene rings is 1. The van der Waals surface area contributed by atoms with Gasteiger partial charge in [-0.3, -0.25) is 9.59 Å². The molecule has 0 aromatic heterocycles. The summed E-state index contributed by atoms with van der Waals surface area (Å²) in [7, 11) is 0. The normalized spacial score (nSPS) is 9.09. The molecule has 0 bridgehead atoms. The molecule has 0 aliphatic rings. The molecule has 0 saturated heterocycles. The van der Waals surface area contributed by atoms with E-state index in [0.29, 0.717) is 0 Å². The molecule has 0 spiro atoms. The van der Waals surface area contributed by atoms with Gasteiger partial charge in [-0.05, 0) is 12.1 Å². The number of phenols is 1. The standard InChI is InChI=1S/C8H6O3/c9-5-8(11)6-2-1-3-7(10)4-6/h1-5,10H. The molecule has 56 valence electrons. The van der Waals surface area contributed by atoms with E-state index < -0.39 is 5.78 Å². The molecule has 0 atom stereocenters. The fourth-order valence-electron chi connectivity index (χ4n) is 0.727. The zero-order chi connectivity index (χ0) is 8.27. The van der Waals surface area contributed by atoms with Gasteiger partial charge in [0.25, 0.3) is 0 Å². The highest BCUT2D eigenvalue weighted by Gasteiger charge is 2.02. The third-order valence-electron chi connectivity index (χ3n) is 1.24. The van der Waals surface area contributed by atoms with Crippen LogP contribution in [0.25, 0.3) is 0 Å². The molecule has 0 aliphatic heterocycles. The highest BCUT2D eigenvalue weighted by molar-refractivity contribution is 6.33. The van der Waals surface area contributed by atoms with E-state index in [2.05, 4.69) is 0 Å². The minimum absolute atomic E-state index is 0.0160. The molecule has 0 radical (unpaired) electrons. The molecule has 0 heterocycles. The van der Waals surface area contributed by atoms with Crippen molar-refractivity contribution in [2.24, 2.45) is 0 Å². The SMILES string of the molecule is O=CC(=O)c1cccc(O)c1. The molecular formula is C8H6O3. The Morgan fingerprint density at radius 1 is 1.45 bits per heavy atom. The number of Topliss-reactive ketones (excluding diaryl/α,β-unsaturated/α-hetero) is 1. The van der Waals surface area contributed by atoms with Gasteiger partial charge in [0.2, 0.25) is 5.78 Å².